The Balaban J connectivity index is 2.55. The standard InChI is InChI=1S/C9H17NO2/c1-8-4-2-3-5-9(12)10(8)6-7-11/h8,11H,2-7H2,1H3. The summed E-state index contributed by atoms with van der Waals surface area (Å²) in [5.41, 5.74) is 0. The molecule has 0 radical (unpaired) electrons. The first-order chi connectivity index (χ1) is 5.75. The van der Waals surface area contributed by atoms with Crippen molar-refractivity contribution in [1.29, 1.82) is 0 Å². The molecule has 0 spiro atoms. The van der Waals surface area contributed by atoms with Crippen molar-refractivity contribution >= 4 is 5.91 Å². The van der Waals surface area contributed by atoms with Crippen molar-refractivity contribution in [1.82, 2.24) is 4.90 Å². The molecule has 3 heteroatoms. The van der Waals surface area contributed by atoms with Gasteiger partial charge in [-0.2, -0.15) is 0 Å². The van der Waals surface area contributed by atoms with Gasteiger partial charge in [-0.1, -0.05) is 6.42 Å². The smallest absolute Gasteiger partial charge is 0.222 e. The minimum atomic E-state index is 0.0794. The number of β-amino-alcohol motifs (C(OH)–C–C–N with tert-alkyl or cyclic N) is 1. The van der Waals surface area contributed by atoms with Crippen molar-refractivity contribution in [3.05, 3.63) is 0 Å². The van der Waals surface area contributed by atoms with Gasteiger partial charge in [-0.25, -0.2) is 0 Å². The Morgan fingerprint density at radius 2 is 2.33 bits per heavy atom. The number of hydrogen-bond donors (Lipinski definition) is 1. The molecule has 3 nitrogen and oxygen atoms in total. The lowest BCUT2D eigenvalue weighted by atomic mass is 10.1. The molecule has 0 aromatic carbocycles. The van der Waals surface area contributed by atoms with Gasteiger partial charge in [0.05, 0.1) is 6.61 Å². The van der Waals surface area contributed by atoms with Crippen LogP contribution in [0.4, 0.5) is 0 Å². The van der Waals surface area contributed by atoms with Gasteiger partial charge in [0, 0.05) is 19.0 Å². The second-order valence-electron chi connectivity index (χ2n) is 3.41. The van der Waals surface area contributed by atoms with Gasteiger partial charge >= 0.3 is 0 Å². The molecule has 0 aromatic heterocycles. The summed E-state index contributed by atoms with van der Waals surface area (Å²) in [4.78, 5) is 13.2. The number of hydrogen-bond acceptors (Lipinski definition) is 2. The zero-order valence-corrected chi connectivity index (χ0v) is 7.62. The first-order valence-corrected chi connectivity index (χ1v) is 4.66. The first kappa shape index (κ1) is 9.52. The molecule has 1 aliphatic heterocycles. The summed E-state index contributed by atoms with van der Waals surface area (Å²) in [6.45, 7) is 2.63. The van der Waals surface area contributed by atoms with E-state index in [1.807, 2.05) is 0 Å². The van der Waals surface area contributed by atoms with E-state index in [0.717, 1.165) is 19.3 Å². The molecule has 0 bridgehead atoms. The lowest BCUT2D eigenvalue weighted by Gasteiger charge is -2.26. The fourth-order valence-electron chi connectivity index (χ4n) is 1.71. The summed E-state index contributed by atoms with van der Waals surface area (Å²) in [5.74, 6) is 0.203. The van der Waals surface area contributed by atoms with Crippen LogP contribution in [0.1, 0.15) is 32.6 Å². The van der Waals surface area contributed by atoms with Crippen LogP contribution < -0.4 is 0 Å². The van der Waals surface area contributed by atoms with E-state index in [0.29, 0.717) is 19.0 Å². The summed E-state index contributed by atoms with van der Waals surface area (Å²) >= 11 is 0. The van der Waals surface area contributed by atoms with Crippen molar-refractivity contribution < 1.29 is 9.90 Å². The summed E-state index contributed by atoms with van der Waals surface area (Å²) < 4.78 is 0. The number of carbonyl (C=O) groups is 1. The molecule has 70 valence electrons. The first-order valence-electron chi connectivity index (χ1n) is 4.66. The van der Waals surface area contributed by atoms with Crippen molar-refractivity contribution in [2.45, 2.75) is 38.6 Å². The van der Waals surface area contributed by atoms with Crippen LogP contribution in [0.25, 0.3) is 0 Å². The van der Waals surface area contributed by atoms with Gasteiger partial charge < -0.3 is 10.0 Å². The predicted octanol–water partition coefficient (Wildman–Crippen LogP) is 0.770. The minimum Gasteiger partial charge on any atom is -0.395 e. The normalized spacial score (nSPS) is 25.7. The molecular weight excluding hydrogens is 154 g/mol. The molecule has 12 heavy (non-hydrogen) atoms. The number of likely N-dealkylation sites (tertiary alicyclic amines) is 1. The van der Waals surface area contributed by atoms with E-state index in [-0.39, 0.29) is 12.5 Å². The minimum absolute atomic E-state index is 0.0794. The molecule has 0 saturated carbocycles. The number of nitrogens with zero attached hydrogens (tertiary/aromatic N) is 1. The van der Waals surface area contributed by atoms with Crippen LogP contribution in [0.3, 0.4) is 0 Å². The maximum atomic E-state index is 11.4. The van der Waals surface area contributed by atoms with Gasteiger partial charge in [0.2, 0.25) is 5.91 Å². The Hall–Kier alpha value is -0.570. The molecule has 1 fully saturated rings. The molecule has 1 aliphatic rings. The predicted molar refractivity (Wildman–Crippen MR) is 46.7 cm³/mol. The number of rotatable bonds is 2. The molecule has 1 N–H and O–H groups in total. The maximum Gasteiger partial charge on any atom is 0.222 e. The Morgan fingerprint density at radius 3 is 3.00 bits per heavy atom. The lowest BCUT2D eigenvalue weighted by Crippen LogP contribution is -2.38. The van der Waals surface area contributed by atoms with Crippen molar-refractivity contribution in [3.63, 3.8) is 0 Å². The third-order valence-electron chi connectivity index (χ3n) is 2.46. The van der Waals surface area contributed by atoms with Gasteiger partial charge in [-0.3, -0.25) is 4.79 Å². The molecule has 0 aromatic rings. The topological polar surface area (TPSA) is 40.5 Å². The van der Waals surface area contributed by atoms with Crippen molar-refractivity contribution in [2.24, 2.45) is 0 Å². The van der Waals surface area contributed by atoms with Crippen LogP contribution in [0.5, 0.6) is 0 Å². The third-order valence-corrected chi connectivity index (χ3v) is 2.46. The van der Waals surface area contributed by atoms with Crippen LogP contribution in [0.15, 0.2) is 0 Å². The average Bonchev–Trinajstić information content (AvgIpc) is 2.19. The molecule has 1 unspecified atom stereocenters. The van der Waals surface area contributed by atoms with Crippen LogP contribution in [0.2, 0.25) is 0 Å². The zero-order valence-electron chi connectivity index (χ0n) is 7.62. The molecule has 1 saturated heterocycles. The van der Waals surface area contributed by atoms with Gasteiger partial charge in [0.1, 0.15) is 0 Å². The molecule has 0 aliphatic carbocycles. The van der Waals surface area contributed by atoms with Crippen LogP contribution >= 0.6 is 0 Å². The number of amides is 1. The van der Waals surface area contributed by atoms with Gasteiger partial charge in [0.15, 0.2) is 0 Å². The summed E-state index contributed by atoms with van der Waals surface area (Å²) in [7, 11) is 0. The van der Waals surface area contributed by atoms with E-state index >= 15 is 0 Å². The second kappa shape index (κ2) is 4.45. The Morgan fingerprint density at radius 1 is 1.58 bits per heavy atom. The van der Waals surface area contributed by atoms with Gasteiger partial charge in [-0.05, 0) is 19.8 Å². The Kier molecular flexibility index (Phi) is 3.53. The van der Waals surface area contributed by atoms with E-state index in [1.54, 1.807) is 4.90 Å². The molecule has 1 amide bonds. The number of carbonyl (C=O) groups excluding carboxylic acids is 1. The number of aliphatic hydroxyl groups is 1. The second-order valence-corrected chi connectivity index (χ2v) is 3.41. The van der Waals surface area contributed by atoms with Crippen LogP contribution in [-0.2, 0) is 4.79 Å². The van der Waals surface area contributed by atoms with Crippen molar-refractivity contribution in [2.75, 3.05) is 13.2 Å². The highest BCUT2D eigenvalue weighted by molar-refractivity contribution is 5.76. The maximum absolute atomic E-state index is 11.4. The highest BCUT2D eigenvalue weighted by Gasteiger charge is 2.21. The fraction of sp³-hybridized carbons (Fsp3) is 0.889. The fourth-order valence-corrected chi connectivity index (χ4v) is 1.71. The zero-order chi connectivity index (χ0) is 8.97. The monoisotopic (exact) mass is 171 g/mol. The van der Waals surface area contributed by atoms with Gasteiger partial charge in [-0.15, -0.1) is 0 Å². The average molecular weight is 171 g/mol. The summed E-state index contributed by atoms with van der Waals surface area (Å²) in [6.07, 6.45) is 3.87. The van der Waals surface area contributed by atoms with E-state index in [9.17, 15) is 4.79 Å². The van der Waals surface area contributed by atoms with Crippen LogP contribution in [-0.4, -0.2) is 35.1 Å². The quantitative estimate of drug-likeness (QED) is 0.666. The third kappa shape index (κ3) is 2.21. The molecule has 1 heterocycles. The van der Waals surface area contributed by atoms with Gasteiger partial charge in [0.25, 0.3) is 0 Å². The van der Waals surface area contributed by atoms with E-state index < -0.39 is 0 Å². The largest absolute Gasteiger partial charge is 0.395 e. The van der Waals surface area contributed by atoms with E-state index in [4.69, 9.17) is 5.11 Å². The SMILES string of the molecule is CC1CCCCC(=O)N1CCO. The molecule has 1 rings (SSSR count). The van der Waals surface area contributed by atoms with Crippen molar-refractivity contribution in [3.8, 4) is 0 Å². The van der Waals surface area contributed by atoms with Crippen LogP contribution in [0, 0.1) is 0 Å². The van der Waals surface area contributed by atoms with E-state index in [2.05, 4.69) is 6.92 Å². The summed E-state index contributed by atoms with van der Waals surface area (Å²) in [6, 6.07) is 0.312. The molecule has 1 atom stereocenters. The van der Waals surface area contributed by atoms with E-state index in [1.165, 1.54) is 0 Å². The Bertz CT molecular complexity index is 159. The Labute approximate surface area is 73.4 Å². The number of aliphatic hydroxyl groups excluding tert-OH is 1. The lowest BCUT2D eigenvalue weighted by molar-refractivity contribution is -0.133. The highest BCUT2D eigenvalue weighted by Crippen LogP contribution is 2.16. The summed E-state index contributed by atoms with van der Waals surface area (Å²) in [5, 5.41) is 8.75. The molecular formula is C9H17NO2. The highest BCUT2D eigenvalue weighted by atomic mass is 16.3.